The van der Waals surface area contributed by atoms with Gasteiger partial charge in [0.05, 0.1) is 26.5 Å². The summed E-state index contributed by atoms with van der Waals surface area (Å²) in [6, 6.07) is 5.92. The molecule has 5 nitrogen and oxygen atoms in total. The lowest BCUT2D eigenvalue weighted by Crippen LogP contribution is -2.26. The van der Waals surface area contributed by atoms with E-state index in [9.17, 15) is 0 Å². The molecule has 1 aromatic rings. The fourth-order valence-electron chi connectivity index (χ4n) is 1.90. The molecule has 0 saturated carbocycles. The van der Waals surface area contributed by atoms with E-state index in [4.69, 9.17) is 19.9 Å². The fraction of sp³-hybridized carbons (Fsp3) is 0.571. The Morgan fingerprint density at radius 3 is 2.58 bits per heavy atom. The number of nitrogens with two attached hydrogens (primary N) is 1. The first-order valence-corrected chi connectivity index (χ1v) is 6.42. The summed E-state index contributed by atoms with van der Waals surface area (Å²) in [6.45, 7) is 1.32. The first kappa shape index (κ1) is 15.6. The van der Waals surface area contributed by atoms with Crippen LogP contribution in [0.5, 0.6) is 11.5 Å². The molecular weight excluding hydrogens is 244 g/mol. The van der Waals surface area contributed by atoms with Gasteiger partial charge in [-0.2, -0.15) is 0 Å². The van der Waals surface area contributed by atoms with E-state index in [-0.39, 0.29) is 6.04 Å². The number of rotatable bonds is 9. The van der Waals surface area contributed by atoms with Gasteiger partial charge < -0.3 is 25.3 Å². The molecule has 108 valence electrons. The average Bonchev–Trinajstić information content (AvgIpc) is 2.45. The topological polar surface area (TPSA) is 65.7 Å². The molecule has 1 atom stereocenters. The highest BCUT2D eigenvalue weighted by Gasteiger charge is 2.11. The van der Waals surface area contributed by atoms with Crippen LogP contribution in [-0.4, -0.2) is 40.5 Å². The third-order valence-corrected chi connectivity index (χ3v) is 2.89. The number of hydrogen-bond acceptors (Lipinski definition) is 5. The summed E-state index contributed by atoms with van der Waals surface area (Å²) in [6.07, 6.45) is 1.92. The molecule has 0 aliphatic carbocycles. The van der Waals surface area contributed by atoms with Crippen molar-refractivity contribution in [3.05, 3.63) is 18.2 Å². The zero-order chi connectivity index (χ0) is 14.1. The van der Waals surface area contributed by atoms with Crippen molar-refractivity contribution in [3.63, 3.8) is 0 Å². The van der Waals surface area contributed by atoms with Gasteiger partial charge in [0.25, 0.3) is 0 Å². The third-order valence-electron chi connectivity index (χ3n) is 2.89. The highest BCUT2D eigenvalue weighted by molar-refractivity contribution is 5.59. The Kier molecular flexibility index (Phi) is 7.07. The minimum atomic E-state index is 0.218. The second-order valence-electron chi connectivity index (χ2n) is 4.29. The van der Waals surface area contributed by atoms with E-state index in [0.29, 0.717) is 13.2 Å². The molecule has 0 heterocycles. The monoisotopic (exact) mass is 268 g/mol. The molecule has 1 aromatic carbocycles. The van der Waals surface area contributed by atoms with Crippen LogP contribution >= 0.6 is 0 Å². The van der Waals surface area contributed by atoms with Gasteiger partial charge in [-0.3, -0.25) is 0 Å². The third kappa shape index (κ3) is 4.96. The molecule has 0 amide bonds. The van der Waals surface area contributed by atoms with Crippen LogP contribution in [0.4, 0.5) is 5.69 Å². The SMILES string of the molecule is COCC(CCCN)Nc1ccc(OC)cc1OC. The number of nitrogens with one attached hydrogen (secondary N) is 1. The van der Waals surface area contributed by atoms with Crippen molar-refractivity contribution < 1.29 is 14.2 Å². The second kappa shape index (κ2) is 8.61. The predicted molar refractivity (Wildman–Crippen MR) is 77.1 cm³/mol. The molecule has 0 aromatic heterocycles. The molecule has 0 radical (unpaired) electrons. The Morgan fingerprint density at radius 1 is 1.21 bits per heavy atom. The van der Waals surface area contributed by atoms with Gasteiger partial charge in [0, 0.05) is 19.2 Å². The van der Waals surface area contributed by atoms with Crippen molar-refractivity contribution in [1.82, 2.24) is 0 Å². The summed E-state index contributed by atoms with van der Waals surface area (Å²) < 4.78 is 15.8. The van der Waals surface area contributed by atoms with Crippen molar-refractivity contribution in [1.29, 1.82) is 0 Å². The predicted octanol–water partition coefficient (Wildman–Crippen LogP) is 1.87. The molecule has 0 saturated heterocycles. The Labute approximate surface area is 115 Å². The maximum atomic E-state index is 5.55. The van der Waals surface area contributed by atoms with E-state index in [1.165, 1.54) is 0 Å². The maximum absolute atomic E-state index is 5.55. The van der Waals surface area contributed by atoms with Gasteiger partial charge in [0.2, 0.25) is 0 Å². The smallest absolute Gasteiger partial charge is 0.145 e. The van der Waals surface area contributed by atoms with Crippen molar-refractivity contribution in [2.45, 2.75) is 18.9 Å². The summed E-state index contributed by atoms with van der Waals surface area (Å²) in [5, 5.41) is 3.42. The van der Waals surface area contributed by atoms with Gasteiger partial charge >= 0.3 is 0 Å². The van der Waals surface area contributed by atoms with E-state index in [1.807, 2.05) is 18.2 Å². The van der Waals surface area contributed by atoms with E-state index < -0.39 is 0 Å². The van der Waals surface area contributed by atoms with E-state index in [0.717, 1.165) is 30.0 Å². The van der Waals surface area contributed by atoms with Gasteiger partial charge in [-0.25, -0.2) is 0 Å². The van der Waals surface area contributed by atoms with Crippen LogP contribution in [0.3, 0.4) is 0 Å². The van der Waals surface area contributed by atoms with Crippen LogP contribution in [0, 0.1) is 0 Å². The summed E-state index contributed by atoms with van der Waals surface area (Å²) in [7, 11) is 4.98. The fourth-order valence-corrected chi connectivity index (χ4v) is 1.90. The van der Waals surface area contributed by atoms with E-state index in [1.54, 1.807) is 21.3 Å². The van der Waals surface area contributed by atoms with Crippen LogP contribution in [0.15, 0.2) is 18.2 Å². The van der Waals surface area contributed by atoms with Gasteiger partial charge in [0.1, 0.15) is 11.5 Å². The largest absolute Gasteiger partial charge is 0.497 e. The van der Waals surface area contributed by atoms with Crippen LogP contribution in [-0.2, 0) is 4.74 Å². The van der Waals surface area contributed by atoms with Crippen LogP contribution < -0.4 is 20.5 Å². The molecule has 1 unspecified atom stereocenters. The number of methoxy groups -OCH3 is 3. The standard InChI is InChI=1S/C14H24N2O3/c1-17-10-11(5-4-8-15)16-13-7-6-12(18-2)9-14(13)19-3/h6-7,9,11,16H,4-5,8,10,15H2,1-3H3. The summed E-state index contributed by atoms with van der Waals surface area (Å²) in [5.74, 6) is 1.53. The molecule has 0 fully saturated rings. The molecule has 1 rings (SSSR count). The van der Waals surface area contributed by atoms with Gasteiger partial charge in [-0.05, 0) is 31.5 Å². The quantitative estimate of drug-likeness (QED) is 0.715. The van der Waals surface area contributed by atoms with Gasteiger partial charge in [0.15, 0.2) is 0 Å². The zero-order valence-corrected chi connectivity index (χ0v) is 11.9. The second-order valence-corrected chi connectivity index (χ2v) is 4.29. The highest BCUT2D eigenvalue weighted by atomic mass is 16.5. The first-order chi connectivity index (χ1) is 9.24. The summed E-state index contributed by atoms with van der Waals surface area (Å²) in [4.78, 5) is 0. The van der Waals surface area contributed by atoms with Gasteiger partial charge in [-0.1, -0.05) is 0 Å². The maximum Gasteiger partial charge on any atom is 0.145 e. The summed E-state index contributed by atoms with van der Waals surface area (Å²) in [5.41, 5.74) is 6.48. The van der Waals surface area contributed by atoms with Crippen molar-refractivity contribution in [3.8, 4) is 11.5 Å². The Bertz CT molecular complexity index is 372. The first-order valence-electron chi connectivity index (χ1n) is 6.42. The molecule has 0 aliphatic rings. The molecular formula is C14H24N2O3. The Balaban J connectivity index is 2.76. The van der Waals surface area contributed by atoms with Crippen molar-refractivity contribution >= 4 is 5.69 Å². The molecule has 0 aliphatic heterocycles. The van der Waals surface area contributed by atoms with Crippen LogP contribution in [0.1, 0.15) is 12.8 Å². The molecule has 0 spiro atoms. The van der Waals surface area contributed by atoms with E-state index in [2.05, 4.69) is 5.32 Å². The minimum Gasteiger partial charge on any atom is -0.497 e. The number of anilines is 1. The van der Waals surface area contributed by atoms with Crippen molar-refractivity contribution in [2.24, 2.45) is 5.73 Å². The van der Waals surface area contributed by atoms with Crippen LogP contribution in [0.2, 0.25) is 0 Å². The zero-order valence-electron chi connectivity index (χ0n) is 11.9. The molecule has 3 N–H and O–H groups in total. The van der Waals surface area contributed by atoms with Crippen molar-refractivity contribution in [2.75, 3.05) is 39.8 Å². The summed E-state index contributed by atoms with van der Waals surface area (Å²) >= 11 is 0. The number of benzene rings is 1. The Hall–Kier alpha value is -1.46. The lowest BCUT2D eigenvalue weighted by molar-refractivity contribution is 0.182. The highest BCUT2D eigenvalue weighted by Crippen LogP contribution is 2.29. The van der Waals surface area contributed by atoms with E-state index >= 15 is 0 Å². The molecule has 19 heavy (non-hydrogen) atoms. The Morgan fingerprint density at radius 2 is 2.00 bits per heavy atom. The van der Waals surface area contributed by atoms with Gasteiger partial charge in [-0.15, -0.1) is 0 Å². The van der Waals surface area contributed by atoms with Crippen LogP contribution in [0.25, 0.3) is 0 Å². The lowest BCUT2D eigenvalue weighted by Gasteiger charge is -2.20. The molecule has 0 bridgehead atoms. The lowest BCUT2D eigenvalue weighted by atomic mass is 10.1. The minimum absolute atomic E-state index is 0.218. The molecule has 5 heteroatoms. The average molecular weight is 268 g/mol. The number of hydrogen-bond donors (Lipinski definition) is 2. The number of ether oxygens (including phenoxy) is 3. The normalized spacial score (nSPS) is 12.0.